The van der Waals surface area contributed by atoms with Crippen molar-refractivity contribution in [2.45, 2.75) is 38.7 Å². The zero-order chi connectivity index (χ0) is 12.4. The fourth-order valence-electron chi connectivity index (χ4n) is 2.68. The minimum absolute atomic E-state index is 0.0510. The largest absolute Gasteiger partial charge is 0.393 e. The second kappa shape index (κ2) is 5.13. The van der Waals surface area contributed by atoms with Crippen LogP contribution < -0.4 is 0 Å². The molecular weight excluding hydrogens is 222 g/mol. The van der Waals surface area contributed by atoms with Crippen molar-refractivity contribution in [3.8, 4) is 0 Å². The van der Waals surface area contributed by atoms with Crippen LogP contribution in [0, 0.1) is 23.5 Å². The number of rotatable bonds is 2. The molecule has 1 N–H and O–H groups in total. The van der Waals surface area contributed by atoms with Crippen LogP contribution in [0.25, 0.3) is 0 Å². The number of hydrogen-bond donors (Lipinski definition) is 1. The molecule has 0 bridgehead atoms. The van der Waals surface area contributed by atoms with Crippen molar-refractivity contribution in [3.63, 3.8) is 0 Å². The van der Waals surface area contributed by atoms with E-state index >= 15 is 0 Å². The lowest BCUT2D eigenvalue weighted by Crippen LogP contribution is -2.30. The van der Waals surface area contributed by atoms with Gasteiger partial charge in [0.05, 0.1) is 6.10 Å². The molecule has 3 atom stereocenters. The molecule has 0 aliphatic heterocycles. The van der Waals surface area contributed by atoms with Crippen LogP contribution in [0.15, 0.2) is 18.2 Å². The van der Waals surface area contributed by atoms with Crippen molar-refractivity contribution in [3.05, 3.63) is 35.4 Å². The first-order valence-electron chi connectivity index (χ1n) is 6.18. The third-order valence-electron chi connectivity index (χ3n) is 3.69. The summed E-state index contributed by atoms with van der Waals surface area (Å²) in [6, 6.07) is 3.52. The SMILES string of the molecule is CC1CCC(O)C(Cc2cc(F)ccc2F)C1. The quantitative estimate of drug-likeness (QED) is 0.841. The van der Waals surface area contributed by atoms with E-state index < -0.39 is 5.82 Å². The number of hydrogen-bond acceptors (Lipinski definition) is 1. The Labute approximate surface area is 100 Å². The molecule has 1 nitrogen and oxygen atoms in total. The van der Waals surface area contributed by atoms with E-state index in [0.29, 0.717) is 17.9 Å². The molecule has 1 aromatic rings. The van der Waals surface area contributed by atoms with Gasteiger partial charge in [-0.2, -0.15) is 0 Å². The number of aliphatic hydroxyl groups is 1. The Morgan fingerprint density at radius 3 is 2.82 bits per heavy atom. The average Bonchev–Trinajstić information content (AvgIpc) is 2.28. The predicted molar refractivity (Wildman–Crippen MR) is 62.6 cm³/mol. The molecule has 0 amide bonds. The highest BCUT2D eigenvalue weighted by Gasteiger charge is 2.27. The first-order valence-corrected chi connectivity index (χ1v) is 6.18. The van der Waals surface area contributed by atoms with Gasteiger partial charge in [-0.25, -0.2) is 8.78 Å². The van der Waals surface area contributed by atoms with Crippen molar-refractivity contribution in [2.24, 2.45) is 11.8 Å². The van der Waals surface area contributed by atoms with Crippen LogP contribution >= 0.6 is 0 Å². The molecule has 3 unspecified atom stereocenters. The van der Waals surface area contributed by atoms with Gasteiger partial charge in [0.1, 0.15) is 11.6 Å². The van der Waals surface area contributed by atoms with Crippen LogP contribution in [0.5, 0.6) is 0 Å². The molecule has 94 valence electrons. The van der Waals surface area contributed by atoms with Crippen molar-refractivity contribution in [1.82, 2.24) is 0 Å². The van der Waals surface area contributed by atoms with Gasteiger partial charge in [-0.05, 0) is 61.3 Å². The van der Waals surface area contributed by atoms with Crippen molar-refractivity contribution in [1.29, 1.82) is 0 Å². The monoisotopic (exact) mass is 240 g/mol. The molecule has 1 aromatic carbocycles. The highest BCUT2D eigenvalue weighted by molar-refractivity contribution is 5.19. The Bertz CT molecular complexity index is 392. The van der Waals surface area contributed by atoms with Gasteiger partial charge in [-0.3, -0.25) is 0 Å². The lowest BCUT2D eigenvalue weighted by atomic mass is 9.77. The summed E-state index contributed by atoms with van der Waals surface area (Å²) in [5.41, 5.74) is 0.378. The van der Waals surface area contributed by atoms with Crippen molar-refractivity contribution in [2.75, 3.05) is 0 Å². The number of benzene rings is 1. The van der Waals surface area contributed by atoms with Crippen LogP contribution in [0.1, 0.15) is 31.7 Å². The zero-order valence-corrected chi connectivity index (χ0v) is 10.00. The summed E-state index contributed by atoms with van der Waals surface area (Å²) < 4.78 is 26.5. The Kier molecular flexibility index (Phi) is 3.77. The Morgan fingerprint density at radius 2 is 2.06 bits per heavy atom. The minimum atomic E-state index is -0.417. The lowest BCUT2D eigenvalue weighted by molar-refractivity contribution is 0.0515. The predicted octanol–water partition coefficient (Wildman–Crippen LogP) is 3.30. The zero-order valence-electron chi connectivity index (χ0n) is 10.00. The van der Waals surface area contributed by atoms with Gasteiger partial charge in [-0.15, -0.1) is 0 Å². The summed E-state index contributed by atoms with van der Waals surface area (Å²) >= 11 is 0. The van der Waals surface area contributed by atoms with E-state index in [4.69, 9.17) is 0 Å². The summed E-state index contributed by atoms with van der Waals surface area (Å²) in [5, 5.41) is 9.89. The van der Waals surface area contributed by atoms with Crippen molar-refractivity contribution >= 4 is 0 Å². The molecule has 1 fully saturated rings. The van der Waals surface area contributed by atoms with Gasteiger partial charge in [0.2, 0.25) is 0 Å². The van der Waals surface area contributed by atoms with E-state index in [-0.39, 0.29) is 17.8 Å². The molecule has 1 aliphatic carbocycles. The maximum atomic E-state index is 13.5. The third kappa shape index (κ3) is 3.03. The average molecular weight is 240 g/mol. The first kappa shape index (κ1) is 12.5. The number of halogens is 2. The Hall–Kier alpha value is -0.960. The van der Waals surface area contributed by atoms with Crippen LogP contribution in [-0.4, -0.2) is 11.2 Å². The van der Waals surface area contributed by atoms with Crippen LogP contribution in [0.4, 0.5) is 8.78 Å². The summed E-state index contributed by atoms with van der Waals surface area (Å²) in [7, 11) is 0. The second-order valence-corrected chi connectivity index (χ2v) is 5.19. The summed E-state index contributed by atoms with van der Waals surface area (Å²) in [6.07, 6.45) is 2.71. The van der Waals surface area contributed by atoms with Gasteiger partial charge in [0, 0.05) is 0 Å². The van der Waals surface area contributed by atoms with Gasteiger partial charge < -0.3 is 5.11 Å². The van der Waals surface area contributed by atoms with E-state index in [1.165, 1.54) is 6.07 Å². The summed E-state index contributed by atoms with van der Waals surface area (Å²) in [4.78, 5) is 0. The molecule has 0 radical (unpaired) electrons. The van der Waals surface area contributed by atoms with Gasteiger partial charge in [0.15, 0.2) is 0 Å². The Morgan fingerprint density at radius 1 is 1.29 bits per heavy atom. The van der Waals surface area contributed by atoms with Gasteiger partial charge in [-0.1, -0.05) is 6.92 Å². The Balaban J connectivity index is 2.11. The first-order chi connectivity index (χ1) is 8.06. The molecule has 1 aliphatic rings. The minimum Gasteiger partial charge on any atom is -0.393 e. The van der Waals surface area contributed by atoms with E-state index in [9.17, 15) is 13.9 Å². The summed E-state index contributed by atoms with van der Waals surface area (Å²) in [5.74, 6) is -0.188. The van der Waals surface area contributed by atoms with Crippen LogP contribution in [0.2, 0.25) is 0 Å². The third-order valence-corrected chi connectivity index (χ3v) is 3.69. The molecule has 2 rings (SSSR count). The molecule has 0 heterocycles. The molecular formula is C14H18F2O. The van der Waals surface area contributed by atoms with Gasteiger partial charge in [0.25, 0.3) is 0 Å². The fourth-order valence-corrected chi connectivity index (χ4v) is 2.68. The van der Waals surface area contributed by atoms with Gasteiger partial charge >= 0.3 is 0 Å². The normalized spacial score (nSPS) is 29.3. The molecule has 17 heavy (non-hydrogen) atoms. The van der Waals surface area contributed by atoms with Crippen molar-refractivity contribution < 1.29 is 13.9 Å². The van der Waals surface area contributed by atoms with E-state index in [2.05, 4.69) is 6.92 Å². The highest BCUT2D eigenvalue weighted by atomic mass is 19.1. The number of aliphatic hydroxyl groups excluding tert-OH is 1. The molecule has 0 spiro atoms. The maximum absolute atomic E-state index is 13.5. The molecule has 0 saturated heterocycles. The standard InChI is InChI=1S/C14H18F2O/c1-9-2-5-14(17)11(6-9)7-10-8-12(15)3-4-13(10)16/h3-4,8-9,11,14,17H,2,5-7H2,1H3. The summed E-state index contributed by atoms with van der Waals surface area (Å²) in [6.45, 7) is 2.14. The topological polar surface area (TPSA) is 20.2 Å². The van der Waals surface area contributed by atoms with E-state index in [0.717, 1.165) is 31.4 Å². The smallest absolute Gasteiger partial charge is 0.126 e. The highest BCUT2D eigenvalue weighted by Crippen LogP contribution is 2.32. The second-order valence-electron chi connectivity index (χ2n) is 5.19. The molecule has 0 aromatic heterocycles. The van der Waals surface area contributed by atoms with E-state index in [1.807, 2.05) is 0 Å². The fraction of sp³-hybridized carbons (Fsp3) is 0.571. The van der Waals surface area contributed by atoms with Crippen LogP contribution in [0.3, 0.4) is 0 Å². The van der Waals surface area contributed by atoms with E-state index in [1.54, 1.807) is 0 Å². The molecule has 3 heteroatoms. The lowest BCUT2D eigenvalue weighted by Gasteiger charge is -2.31. The molecule has 1 saturated carbocycles. The van der Waals surface area contributed by atoms with Crippen LogP contribution in [-0.2, 0) is 6.42 Å². The maximum Gasteiger partial charge on any atom is 0.126 e.